The number of ether oxygens (including phenoxy) is 2. The fraction of sp³-hybridized carbons (Fsp3) is 0.381. The highest BCUT2D eigenvalue weighted by molar-refractivity contribution is 5.94. The second-order valence-corrected chi connectivity index (χ2v) is 6.63. The van der Waals surface area contributed by atoms with Crippen molar-refractivity contribution in [1.29, 1.82) is 0 Å². The Balaban J connectivity index is 1.58. The standard InChI is InChI=1S/C21H26N2O3/c1-16-5-4-6-18(13-16)21(24)23-11-9-22(10-12-23)15-17-7-8-19(25-2)20(14-17)26-3/h4-8,13-14H,9-12,15H2,1-3H3. The van der Waals surface area contributed by atoms with Gasteiger partial charge in [0.2, 0.25) is 0 Å². The van der Waals surface area contributed by atoms with Gasteiger partial charge >= 0.3 is 0 Å². The van der Waals surface area contributed by atoms with Crippen molar-refractivity contribution >= 4 is 5.91 Å². The minimum Gasteiger partial charge on any atom is -0.493 e. The minimum absolute atomic E-state index is 0.125. The molecular formula is C21H26N2O3. The van der Waals surface area contributed by atoms with Gasteiger partial charge in [-0.15, -0.1) is 0 Å². The molecule has 3 rings (SSSR count). The van der Waals surface area contributed by atoms with Gasteiger partial charge in [0.05, 0.1) is 14.2 Å². The first-order valence-corrected chi connectivity index (χ1v) is 8.90. The van der Waals surface area contributed by atoms with Gasteiger partial charge in [0.1, 0.15) is 0 Å². The Kier molecular flexibility index (Phi) is 5.78. The van der Waals surface area contributed by atoms with Gasteiger partial charge in [-0.1, -0.05) is 23.8 Å². The Morgan fingerprint density at radius 1 is 0.962 bits per heavy atom. The molecule has 5 heteroatoms. The zero-order valence-corrected chi connectivity index (χ0v) is 15.7. The summed E-state index contributed by atoms with van der Waals surface area (Å²) < 4.78 is 10.7. The fourth-order valence-electron chi connectivity index (χ4n) is 3.31. The number of nitrogens with zero attached hydrogens (tertiary/aromatic N) is 2. The monoisotopic (exact) mass is 354 g/mol. The van der Waals surface area contributed by atoms with Gasteiger partial charge in [-0.25, -0.2) is 0 Å². The minimum atomic E-state index is 0.125. The number of piperazine rings is 1. The van der Waals surface area contributed by atoms with Gasteiger partial charge in [-0.2, -0.15) is 0 Å². The summed E-state index contributed by atoms with van der Waals surface area (Å²) in [6.45, 7) is 6.09. The predicted molar refractivity (Wildman–Crippen MR) is 102 cm³/mol. The predicted octanol–water partition coefficient (Wildman–Crippen LogP) is 2.97. The number of rotatable bonds is 5. The van der Waals surface area contributed by atoms with Crippen LogP contribution >= 0.6 is 0 Å². The first-order valence-electron chi connectivity index (χ1n) is 8.90. The van der Waals surface area contributed by atoms with Crippen molar-refractivity contribution in [3.05, 3.63) is 59.2 Å². The van der Waals surface area contributed by atoms with Crippen LogP contribution in [-0.2, 0) is 6.54 Å². The third-order valence-corrected chi connectivity index (χ3v) is 4.78. The molecule has 1 fully saturated rings. The summed E-state index contributed by atoms with van der Waals surface area (Å²) >= 11 is 0. The summed E-state index contributed by atoms with van der Waals surface area (Å²) in [7, 11) is 3.29. The highest BCUT2D eigenvalue weighted by atomic mass is 16.5. The van der Waals surface area contributed by atoms with Crippen LogP contribution in [0, 0.1) is 6.92 Å². The number of methoxy groups -OCH3 is 2. The molecule has 1 amide bonds. The summed E-state index contributed by atoms with van der Waals surface area (Å²) in [5.74, 6) is 1.61. The molecule has 0 spiro atoms. The Bertz CT molecular complexity index is 768. The van der Waals surface area contributed by atoms with Crippen LogP contribution in [0.25, 0.3) is 0 Å². The van der Waals surface area contributed by atoms with E-state index < -0.39 is 0 Å². The lowest BCUT2D eigenvalue weighted by molar-refractivity contribution is 0.0628. The van der Waals surface area contributed by atoms with Crippen LogP contribution in [0.2, 0.25) is 0 Å². The SMILES string of the molecule is COc1ccc(CN2CCN(C(=O)c3cccc(C)c3)CC2)cc1OC. The highest BCUT2D eigenvalue weighted by Gasteiger charge is 2.22. The average molecular weight is 354 g/mol. The van der Waals surface area contributed by atoms with Gasteiger partial charge in [0.25, 0.3) is 5.91 Å². The van der Waals surface area contributed by atoms with Crippen molar-refractivity contribution < 1.29 is 14.3 Å². The van der Waals surface area contributed by atoms with Crippen molar-refractivity contribution in [2.45, 2.75) is 13.5 Å². The molecule has 0 aliphatic carbocycles. The molecule has 1 aliphatic rings. The molecule has 0 N–H and O–H groups in total. The molecule has 2 aromatic rings. The number of carbonyl (C=O) groups excluding carboxylic acids is 1. The third kappa shape index (κ3) is 4.17. The van der Waals surface area contributed by atoms with Crippen molar-refractivity contribution in [2.24, 2.45) is 0 Å². The van der Waals surface area contributed by atoms with Gasteiger partial charge in [0.15, 0.2) is 11.5 Å². The molecule has 0 bridgehead atoms. The number of hydrogen-bond donors (Lipinski definition) is 0. The summed E-state index contributed by atoms with van der Waals surface area (Å²) in [5.41, 5.74) is 3.07. The fourth-order valence-corrected chi connectivity index (χ4v) is 3.31. The van der Waals surface area contributed by atoms with E-state index in [4.69, 9.17) is 9.47 Å². The summed E-state index contributed by atoms with van der Waals surface area (Å²) in [6, 6.07) is 13.8. The summed E-state index contributed by atoms with van der Waals surface area (Å²) in [6.07, 6.45) is 0. The van der Waals surface area contributed by atoms with Crippen LogP contribution in [0.15, 0.2) is 42.5 Å². The van der Waals surface area contributed by atoms with Gasteiger partial charge in [-0.3, -0.25) is 9.69 Å². The van der Waals surface area contributed by atoms with E-state index in [1.807, 2.05) is 48.2 Å². The topological polar surface area (TPSA) is 42.0 Å². The molecular weight excluding hydrogens is 328 g/mol. The zero-order valence-electron chi connectivity index (χ0n) is 15.7. The smallest absolute Gasteiger partial charge is 0.253 e. The van der Waals surface area contributed by atoms with E-state index in [0.29, 0.717) is 0 Å². The molecule has 5 nitrogen and oxygen atoms in total. The number of benzene rings is 2. The van der Waals surface area contributed by atoms with Crippen molar-refractivity contribution in [1.82, 2.24) is 9.80 Å². The molecule has 1 aliphatic heterocycles. The number of carbonyl (C=O) groups is 1. The van der Waals surface area contributed by atoms with Crippen LogP contribution in [-0.4, -0.2) is 56.1 Å². The maximum Gasteiger partial charge on any atom is 0.253 e. The van der Waals surface area contributed by atoms with Crippen LogP contribution in [0.4, 0.5) is 0 Å². The Labute approximate surface area is 155 Å². The number of hydrogen-bond acceptors (Lipinski definition) is 4. The molecule has 0 radical (unpaired) electrons. The van der Waals surface area contributed by atoms with Crippen LogP contribution < -0.4 is 9.47 Å². The molecule has 0 atom stereocenters. The Morgan fingerprint density at radius 2 is 1.69 bits per heavy atom. The molecule has 138 valence electrons. The molecule has 0 unspecified atom stereocenters. The lowest BCUT2D eigenvalue weighted by Gasteiger charge is -2.35. The van der Waals surface area contributed by atoms with E-state index in [9.17, 15) is 4.79 Å². The molecule has 1 heterocycles. The normalized spacial score (nSPS) is 15.0. The number of amides is 1. The maximum atomic E-state index is 12.6. The van der Waals surface area contributed by atoms with Crippen LogP contribution in [0.3, 0.4) is 0 Å². The quantitative estimate of drug-likeness (QED) is 0.828. The van der Waals surface area contributed by atoms with Crippen molar-refractivity contribution in [2.75, 3.05) is 40.4 Å². The van der Waals surface area contributed by atoms with Gasteiger partial charge in [-0.05, 0) is 36.8 Å². The van der Waals surface area contributed by atoms with E-state index in [-0.39, 0.29) is 5.91 Å². The van der Waals surface area contributed by atoms with Gasteiger partial charge < -0.3 is 14.4 Å². The largest absolute Gasteiger partial charge is 0.493 e. The average Bonchev–Trinajstić information content (AvgIpc) is 2.68. The summed E-state index contributed by atoms with van der Waals surface area (Å²) in [4.78, 5) is 17.0. The van der Waals surface area contributed by atoms with Crippen molar-refractivity contribution in [3.63, 3.8) is 0 Å². The molecule has 0 aromatic heterocycles. The maximum absolute atomic E-state index is 12.6. The third-order valence-electron chi connectivity index (χ3n) is 4.78. The first kappa shape index (κ1) is 18.3. The molecule has 0 saturated carbocycles. The molecule has 26 heavy (non-hydrogen) atoms. The van der Waals surface area contributed by atoms with E-state index in [1.165, 1.54) is 5.56 Å². The van der Waals surface area contributed by atoms with Crippen molar-refractivity contribution in [3.8, 4) is 11.5 Å². The first-order chi connectivity index (χ1) is 12.6. The van der Waals surface area contributed by atoms with E-state index >= 15 is 0 Å². The van der Waals surface area contributed by atoms with Crippen LogP contribution in [0.5, 0.6) is 11.5 Å². The van der Waals surface area contributed by atoms with E-state index in [2.05, 4.69) is 11.0 Å². The van der Waals surface area contributed by atoms with Crippen LogP contribution in [0.1, 0.15) is 21.5 Å². The Morgan fingerprint density at radius 3 is 2.35 bits per heavy atom. The highest BCUT2D eigenvalue weighted by Crippen LogP contribution is 2.28. The van der Waals surface area contributed by atoms with E-state index in [1.54, 1.807) is 14.2 Å². The zero-order chi connectivity index (χ0) is 18.5. The second kappa shape index (κ2) is 8.23. The van der Waals surface area contributed by atoms with Gasteiger partial charge in [0, 0.05) is 38.3 Å². The lowest BCUT2D eigenvalue weighted by Crippen LogP contribution is -2.48. The molecule has 2 aromatic carbocycles. The Hall–Kier alpha value is -2.53. The lowest BCUT2D eigenvalue weighted by atomic mass is 10.1. The van der Waals surface area contributed by atoms with E-state index in [0.717, 1.165) is 55.3 Å². The summed E-state index contributed by atoms with van der Waals surface area (Å²) in [5, 5.41) is 0. The molecule has 1 saturated heterocycles. The number of aryl methyl sites for hydroxylation is 1. The second-order valence-electron chi connectivity index (χ2n) is 6.63.